The van der Waals surface area contributed by atoms with Crippen molar-refractivity contribution in [1.29, 1.82) is 0 Å². The molecular weight excluding hydrogens is 248 g/mol. The van der Waals surface area contributed by atoms with Crippen LogP contribution in [-0.4, -0.2) is 14.8 Å². The summed E-state index contributed by atoms with van der Waals surface area (Å²) < 4.78 is 1.41. The van der Waals surface area contributed by atoms with E-state index in [0.29, 0.717) is 15.9 Å². The van der Waals surface area contributed by atoms with Gasteiger partial charge in [-0.1, -0.05) is 11.6 Å². The molecule has 7 heteroatoms. The molecule has 5 nitrogen and oxygen atoms in total. The molecule has 0 aliphatic rings. The molecule has 2 rings (SSSR count). The summed E-state index contributed by atoms with van der Waals surface area (Å²) in [7, 11) is 1.63. The average Bonchev–Trinajstić information content (AvgIpc) is 2.55. The van der Waals surface area contributed by atoms with Crippen LogP contribution >= 0.6 is 23.4 Å². The largest absolute Gasteiger partial charge is 0.398 e. The fraction of sp³-hybridized carbons (Fsp3) is 0.111. The van der Waals surface area contributed by atoms with Gasteiger partial charge in [0.15, 0.2) is 5.16 Å². The first-order valence-corrected chi connectivity index (χ1v) is 5.61. The van der Waals surface area contributed by atoms with E-state index in [1.54, 1.807) is 25.2 Å². The fourth-order valence-corrected chi connectivity index (χ4v) is 2.24. The topological polar surface area (TPSA) is 76.7 Å². The first-order valence-electron chi connectivity index (χ1n) is 4.42. The van der Waals surface area contributed by atoms with Crippen LogP contribution in [0.5, 0.6) is 0 Å². The number of aromatic amines is 1. The third kappa shape index (κ3) is 2.07. The Morgan fingerprint density at radius 2 is 2.31 bits per heavy atom. The maximum atomic E-state index is 11.2. The lowest BCUT2D eigenvalue weighted by molar-refractivity contribution is 0.766. The molecule has 0 unspecified atom stereocenters. The molecule has 0 aliphatic heterocycles. The van der Waals surface area contributed by atoms with E-state index in [9.17, 15) is 4.79 Å². The summed E-state index contributed by atoms with van der Waals surface area (Å²) in [6.45, 7) is 0. The number of halogens is 1. The Bertz CT molecular complexity index is 577. The third-order valence-electron chi connectivity index (χ3n) is 2.02. The molecular formula is C9H9ClN4OS. The summed E-state index contributed by atoms with van der Waals surface area (Å²) in [5.74, 6) is 0. The number of rotatable bonds is 2. The first kappa shape index (κ1) is 11.1. The van der Waals surface area contributed by atoms with E-state index < -0.39 is 0 Å². The van der Waals surface area contributed by atoms with Crippen LogP contribution < -0.4 is 11.4 Å². The Morgan fingerprint density at radius 1 is 1.56 bits per heavy atom. The van der Waals surface area contributed by atoms with E-state index >= 15 is 0 Å². The van der Waals surface area contributed by atoms with E-state index in [1.165, 1.54) is 16.3 Å². The standard InChI is InChI=1S/C9H9ClN4OS/c1-14-8(15)12-13-9(14)16-7-4-5(10)2-3-6(7)11/h2-4H,11H2,1H3,(H,12,15). The number of nitrogens with zero attached hydrogens (tertiary/aromatic N) is 2. The van der Waals surface area contributed by atoms with Crippen LogP contribution in [0.3, 0.4) is 0 Å². The van der Waals surface area contributed by atoms with Crippen LogP contribution in [0.1, 0.15) is 0 Å². The SMILES string of the molecule is Cn1c(Sc2cc(Cl)ccc2N)n[nH]c1=O. The molecule has 0 saturated heterocycles. The van der Waals surface area contributed by atoms with Gasteiger partial charge in [-0.25, -0.2) is 9.89 Å². The normalized spacial score (nSPS) is 10.6. The second-order valence-corrected chi connectivity index (χ2v) is 4.60. The highest BCUT2D eigenvalue weighted by atomic mass is 35.5. The number of nitrogens with one attached hydrogen (secondary N) is 1. The summed E-state index contributed by atoms with van der Waals surface area (Å²) >= 11 is 7.15. The summed E-state index contributed by atoms with van der Waals surface area (Å²) in [4.78, 5) is 11.9. The molecule has 0 atom stereocenters. The van der Waals surface area contributed by atoms with Crippen LogP contribution in [-0.2, 0) is 7.05 Å². The Hall–Kier alpha value is -1.40. The number of benzene rings is 1. The summed E-state index contributed by atoms with van der Waals surface area (Å²) in [6.07, 6.45) is 0. The highest BCUT2D eigenvalue weighted by molar-refractivity contribution is 7.99. The highest BCUT2D eigenvalue weighted by Gasteiger charge is 2.08. The predicted octanol–water partition coefficient (Wildman–Crippen LogP) is 1.50. The van der Waals surface area contributed by atoms with Crippen molar-refractivity contribution in [3.63, 3.8) is 0 Å². The monoisotopic (exact) mass is 256 g/mol. The van der Waals surface area contributed by atoms with E-state index in [0.717, 1.165) is 4.90 Å². The molecule has 0 amide bonds. The Kier molecular flexibility index (Phi) is 2.93. The van der Waals surface area contributed by atoms with E-state index in [-0.39, 0.29) is 5.69 Å². The molecule has 1 heterocycles. The van der Waals surface area contributed by atoms with Gasteiger partial charge < -0.3 is 5.73 Å². The zero-order valence-corrected chi connectivity index (χ0v) is 9.97. The average molecular weight is 257 g/mol. The van der Waals surface area contributed by atoms with Crippen molar-refractivity contribution in [2.75, 3.05) is 5.73 Å². The van der Waals surface area contributed by atoms with Crippen molar-refractivity contribution in [3.05, 3.63) is 33.7 Å². The number of anilines is 1. The minimum Gasteiger partial charge on any atom is -0.398 e. The summed E-state index contributed by atoms with van der Waals surface area (Å²) in [5.41, 5.74) is 6.13. The van der Waals surface area contributed by atoms with Crippen LogP contribution in [0.15, 0.2) is 33.0 Å². The zero-order valence-electron chi connectivity index (χ0n) is 8.40. The second-order valence-electron chi connectivity index (χ2n) is 3.15. The van der Waals surface area contributed by atoms with Crippen LogP contribution in [0.4, 0.5) is 5.69 Å². The number of nitrogen functional groups attached to an aromatic ring is 1. The van der Waals surface area contributed by atoms with Gasteiger partial charge >= 0.3 is 5.69 Å². The van der Waals surface area contributed by atoms with E-state index in [2.05, 4.69) is 10.2 Å². The van der Waals surface area contributed by atoms with Crippen LogP contribution in [0, 0.1) is 0 Å². The number of aromatic nitrogens is 3. The van der Waals surface area contributed by atoms with Crippen molar-refractivity contribution in [3.8, 4) is 0 Å². The third-order valence-corrected chi connectivity index (χ3v) is 3.37. The minimum absolute atomic E-state index is 0.261. The molecule has 0 saturated carbocycles. The van der Waals surface area contributed by atoms with Gasteiger partial charge in [0.1, 0.15) is 0 Å². The number of H-pyrrole nitrogens is 1. The Morgan fingerprint density at radius 3 is 2.94 bits per heavy atom. The number of hydrogen-bond acceptors (Lipinski definition) is 4. The lowest BCUT2D eigenvalue weighted by Crippen LogP contribution is -2.12. The Labute approximate surface area is 101 Å². The van der Waals surface area contributed by atoms with E-state index in [4.69, 9.17) is 17.3 Å². The maximum absolute atomic E-state index is 11.2. The smallest absolute Gasteiger partial charge is 0.343 e. The van der Waals surface area contributed by atoms with Gasteiger partial charge in [0, 0.05) is 22.7 Å². The Balaban J connectivity index is 2.37. The van der Waals surface area contributed by atoms with Gasteiger partial charge in [-0.3, -0.25) is 4.57 Å². The summed E-state index contributed by atoms with van der Waals surface area (Å²) in [6, 6.07) is 5.17. The zero-order chi connectivity index (χ0) is 11.7. The number of nitrogens with two attached hydrogens (primary N) is 1. The van der Waals surface area contributed by atoms with Gasteiger partial charge in [-0.05, 0) is 30.0 Å². The van der Waals surface area contributed by atoms with E-state index in [1.807, 2.05) is 0 Å². The van der Waals surface area contributed by atoms with Crippen LogP contribution in [0.25, 0.3) is 0 Å². The van der Waals surface area contributed by atoms with Crippen LogP contribution in [0.2, 0.25) is 5.02 Å². The number of hydrogen-bond donors (Lipinski definition) is 2. The lowest BCUT2D eigenvalue weighted by Gasteiger charge is -2.04. The van der Waals surface area contributed by atoms with Gasteiger partial charge in [-0.2, -0.15) is 0 Å². The summed E-state index contributed by atoms with van der Waals surface area (Å²) in [5, 5.41) is 7.36. The quantitative estimate of drug-likeness (QED) is 0.799. The van der Waals surface area contributed by atoms with Crippen molar-refractivity contribution in [2.24, 2.45) is 7.05 Å². The molecule has 1 aromatic carbocycles. The predicted molar refractivity (Wildman–Crippen MR) is 63.8 cm³/mol. The molecule has 1 aromatic heterocycles. The minimum atomic E-state index is -0.261. The lowest BCUT2D eigenvalue weighted by atomic mass is 10.3. The molecule has 0 aliphatic carbocycles. The highest BCUT2D eigenvalue weighted by Crippen LogP contribution is 2.31. The fourth-order valence-electron chi connectivity index (χ4n) is 1.12. The molecule has 0 spiro atoms. The first-order chi connectivity index (χ1) is 7.58. The molecule has 16 heavy (non-hydrogen) atoms. The molecule has 0 bridgehead atoms. The van der Waals surface area contributed by atoms with Gasteiger partial charge in [0.2, 0.25) is 0 Å². The van der Waals surface area contributed by atoms with Crippen molar-refractivity contribution >= 4 is 29.1 Å². The molecule has 84 valence electrons. The van der Waals surface area contributed by atoms with Gasteiger partial charge in [-0.15, -0.1) is 5.10 Å². The van der Waals surface area contributed by atoms with Gasteiger partial charge in [0.05, 0.1) is 0 Å². The van der Waals surface area contributed by atoms with Crippen molar-refractivity contribution < 1.29 is 0 Å². The molecule has 2 aromatic rings. The van der Waals surface area contributed by atoms with Crippen molar-refractivity contribution in [1.82, 2.24) is 14.8 Å². The maximum Gasteiger partial charge on any atom is 0.343 e. The second kappa shape index (κ2) is 4.23. The van der Waals surface area contributed by atoms with Gasteiger partial charge in [0.25, 0.3) is 0 Å². The molecule has 0 radical (unpaired) electrons. The molecule has 3 N–H and O–H groups in total. The molecule has 0 fully saturated rings. The van der Waals surface area contributed by atoms with Crippen molar-refractivity contribution in [2.45, 2.75) is 10.1 Å².